The van der Waals surface area contributed by atoms with Gasteiger partial charge in [-0.3, -0.25) is 9.59 Å². The fourth-order valence-corrected chi connectivity index (χ4v) is 1.35. The van der Waals surface area contributed by atoms with Crippen LogP contribution < -0.4 is 5.32 Å². The maximum Gasteiger partial charge on any atom is 0.220 e. The molecule has 1 aliphatic rings. The van der Waals surface area contributed by atoms with Crippen LogP contribution in [-0.4, -0.2) is 53.4 Å². The number of aliphatic hydroxyl groups is 2. The summed E-state index contributed by atoms with van der Waals surface area (Å²) in [5, 5.41) is 20.8. The third-order valence-electron chi connectivity index (χ3n) is 2.30. The van der Waals surface area contributed by atoms with E-state index in [-0.39, 0.29) is 18.9 Å². The molecule has 15 heavy (non-hydrogen) atoms. The first-order valence-corrected chi connectivity index (χ1v) is 4.83. The zero-order valence-corrected chi connectivity index (χ0v) is 8.47. The van der Waals surface area contributed by atoms with E-state index in [1.54, 1.807) is 6.92 Å². The van der Waals surface area contributed by atoms with Gasteiger partial charge < -0.3 is 20.3 Å². The Hall–Kier alpha value is -0.980. The molecule has 0 bridgehead atoms. The smallest absolute Gasteiger partial charge is 0.220 e. The van der Waals surface area contributed by atoms with E-state index in [1.807, 2.05) is 0 Å². The first-order chi connectivity index (χ1) is 7.10. The van der Waals surface area contributed by atoms with Crippen LogP contribution in [0.2, 0.25) is 0 Å². The highest BCUT2D eigenvalue weighted by Gasteiger charge is 2.37. The van der Waals surface area contributed by atoms with Crippen LogP contribution >= 0.6 is 0 Å². The van der Waals surface area contributed by atoms with Crippen molar-refractivity contribution in [1.82, 2.24) is 5.32 Å². The summed E-state index contributed by atoms with van der Waals surface area (Å²) in [7, 11) is 0. The van der Waals surface area contributed by atoms with Gasteiger partial charge >= 0.3 is 0 Å². The van der Waals surface area contributed by atoms with Gasteiger partial charge in [0.1, 0.15) is 12.2 Å². The minimum atomic E-state index is -1.30. The van der Waals surface area contributed by atoms with E-state index in [0.717, 1.165) is 0 Å². The van der Waals surface area contributed by atoms with Crippen molar-refractivity contribution < 1.29 is 24.5 Å². The fraction of sp³-hybridized carbons (Fsp3) is 0.778. The van der Waals surface area contributed by atoms with Gasteiger partial charge in [0, 0.05) is 6.42 Å². The summed E-state index contributed by atoms with van der Waals surface area (Å²) in [6.45, 7) is 1.25. The molecule has 1 fully saturated rings. The highest BCUT2D eigenvalue weighted by Crippen LogP contribution is 2.10. The van der Waals surface area contributed by atoms with E-state index in [4.69, 9.17) is 9.84 Å². The van der Waals surface area contributed by atoms with Gasteiger partial charge in [0.05, 0.1) is 19.3 Å². The maximum absolute atomic E-state index is 11.4. The molecular weight excluding hydrogens is 202 g/mol. The summed E-state index contributed by atoms with van der Waals surface area (Å²) >= 11 is 0. The second kappa shape index (κ2) is 5.20. The topological polar surface area (TPSA) is 95.9 Å². The van der Waals surface area contributed by atoms with Gasteiger partial charge in [-0.05, 0) is 0 Å². The van der Waals surface area contributed by atoms with E-state index < -0.39 is 30.6 Å². The highest BCUT2D eigenvalue weighted by molar-refractivity contribution is 5.89. The minimum Gasteiger partial charge on any atom is -0.393 e. The van der Waals surface area contributed by atoms with Crippen LogP contribution in [0.5, 0.6) is 0 Å². The Morgan fingerprint density at radius 3 is 2.87 bits per heavy atom. The third-order valence-corrected chi connectivity index (χ3v) is 2.30. The molecular formula is C9H15NO5. The molecule has 0 unspecified atom stereocenters. The fourth-order valence-electron chi connectivity index (χ4n) is 1.35. The number of hydrogen-bond acceptors (Lipinski definition) is 5. The normalized spacial score (nSPS) is 31.4. The number of amides is 1. The van der Waals surface area contributed by atoms with Crippen molar-refractivity contribution >= 4 is 11.7 Å². The van der Waals surface area contributed by atoms with Crippen molar-refractivity contribution in [3.8, 4) is 0 Å². The third kappa shape index (κ3) is 2.74. The summed E-state index contributed by atoms with van der Waals surface area (Å²) in [5.41, 5.74) is 0. The molecule has 0 aliphatic carbocycles. The van der Waals surface area contributed by atoms with E-state index >= 15 is 0 Å². The van der Waals surface area contributed by atoms with Crippen molar-refractivity contribution in [3.05, 3.63) is 0 Å². The summed E-state index contributed by atoms with van der Waals surface area (Å²) in [6.07, 6.45) is -2.00. The quantitative estimate of drug-likeness (QED) is 0.518. The van der Waals surface area contributed by atoms with Gasteiger partial charge in [-0.25, -0.2) is 0 Å². The molecule has 0 aromatic rings. The number of Topliss-reactive ketones (excluding diaryl/α,β-unsaturated/α-hetero) is 1. The Kier molecular flexibility index (Phi) is 4.19. The van der Waals surface area contributed by atoms with Crippen LogP contribution in [0, 0.1) is 0 Å². The minimum absolute atomic E-state index is 0.0316. The molecule has 6 heteroatoms. The van der Waals surface area contributed by atoms with Gasteiger partial charge in [-0.1, -0.05) is 6.92 Å². The lowest BCUT2D eigenvalue weighted by Gasteiger charge is -2.31. The number of ketones is 1. The molecule has 1 saturated heterocycles. The van der Waals surface area contributed by atoms with Crippen LogP contribution in [0.4, 0.5) is 0 Å². The zero-order chi connectivity index (χ0) is 11.4. The number of aliphatic hydroxyl groups excluding tert-OH is 2. The van der Waals surface area contributed by atoms with Crippen molar-refractivity contribution in [1.29, 1.82) is 0 Å². The molecule has 1 heterocycles. The first-order valence-electron chi connectivity index (χ1n) is 4.83. The van der Waals surface area contributed by atoms with Crippen LogP contribution in [0.15, 0.2) is 0 Å². The lowest BCUT2D eigenvalue weighted by atomic mass is 10.00. The maximum atomic E-state index is 11.4. The zero-order valence-electron chi connectivity index (χ0n) is 8.47. The van der Waals surface area contributed by atoms with Crippen LogP contribution in [0.3, 0.4) is 0 Å². The Morgan fingerprint density at radius 1 is 1.67 bits per heavy atom. The molecule has 0 aromatic carbocycles. The summed E-state index contributed by atoms with van der Waals surface area (Å²) in [6, 6.07) is -0.715. The standard InChI is InChI=1S/C9H15NO5/c1-2-7(12)10-5-4-15-6(3-11)9(14)8(5)13/h5-6,8,11,13H,2-4H2,1H3,(H,10,12)/t5-,6+,8+/m0/s1. The van der Waals surface area contributed by atoms with Crippen LogP contribution in [0.25, 0.3) is 0 Å². The Balaban J connectivity index is 2.56. The van der Waals surface area contributed by atoms with Gasteiger partial charge in [0.15, 0.2) is 5.78 Å². The lowest BCUT2D eigenvalue weighted by molar-refractivity contribution is -0.155. The molecule has 0 radical (unpaired) electrons. The second-order valence-electron chi connectivity index (χ2n) is 3.38. The van der Waals surface area contributed by atoms with Crippen molar-refractivity contribution in [3.63, 3.8) is 0 Å². The van der Waals surface area contributed by atoms with Gasteiger partial charge in [0.2, 0.25) is 5.91 Å². The molecule has 3 N–H and O–H groups in total. The largest absolute Gasteiger partial charge is 0.393 e. The second-order valence-corrected chi connectivity index (χ2v) is 3.38. The molecule has 6 nitrogen and oxygen atoms in total. The number of carbonyl (C=O) groups excluding carboxylic acids is 2. The number of nitrogens with one attached hydrogen (secondary N) is 1. The summed E-state index contributed by atoms with van der Waals surface area (Å²) in [5.74, 6) is -0.844. The molecule has 0 spiro atoms. The van der Waals surface area contributed by atoms with E-state index in [1.165, 1.54) is 0 Å². The van der Waals surface area contributed by atoms with Crippen molar-refractivity contribution in [2.45, 2.75) is 31.6 Å². The summed E-state index contributed by atoms with van der Waals surface area (Å²) in [4.78, 5) is 22.4. The van der Waals surface area contributed by atoms with Gasteiger partial charge in [0.25, 0.3) is 0 Å². The number of carbonyl (C=O) groups is 2. The molecule has 0 saturated carbocycles. The Bertz CT molecular complexity index is 255. The molecule has 3 atom stereocenters. The highest BCUT2D eigenvalue weighted by atomic mass is 16.5. The number of ether oxygens (including phenoxy) is 1. The average molecular weight is 217 g/mol. The molecule has 1 amide bonds. The molecule has 1 aliphatic heterocycles. The van der Waals surface area contributed by atoms with Crippen LogP contribution in [0.1, 0.15) is 13.3 Å². The number of hydrogen-bond donors (Lipinski definition) is 3. The summed E-state index contributed by atoms with van der Waals surface area (Å²) < 4.78 is 4.99. The van der Waals surface area contributed by atoms with E-state index in [0.29, 0.717) is 0 Å². The Morgan fingerprint density at radius 2 is 2.33 bits per heavy atom. The predicted octanol–water partition coefficient (Wildman–Crippen LogP) is -1.80. The Labute approximate surface area is 87.2 Å². The lowest BCUT2D eigenvalue weighted by Crippen LogP contribution is -2.57. The molecule has 1 rings (SSSR count). The van der Waals surface area contributed by atoms with Crippen molar-refractivity contribution in [2.75, 3.05) is 13.2 Å². The molecule has 0 aromatic heterocycles. The monoisotopic (exact) mass is 217 g/mol. The van der Waals surface area contributed by atoms with Crippen LogP contribution in [-0.2, 0) is 14.3 Å². The first kappa shape index (κ1) is 12.1. The predicted molar refractivity (Wildman–Crippen MR) is 50.1 cm³/mol. The number of rotatable bonds is 3. The average Bonchev–Trinajstić information content (AvgIpc) is 2.25. The van der Waals surface area contributed by atoms with E-state index in [9.17, 15) is 14.7 Å². The van der Waals surface area contributed by atoms with Gasteiger partial charge in [-0.2, -0.15) is 0 Å². The van der Waals surface area contributed by atoms with Gasteiger partial charge in [-0.15, -0.1) is 0 Å². The SMILES string of the molecule is CCC(=O)N[C@H]1CO[C@H](CO)C(=O)[C@@H]1O. The van der Waals surface area contributed by atoms with E-state index in [2.05, 4.69) is 5.32 Å². The van der Waals surface area contributed by atoms with Crippen molar-refractivity contribution in [2.24, 2.45) is 0 Å². The molecule has 86 valence electrons.